The van der Waals surface area contributed by atoms with Gasteiger partial charge in [-0.05, 0) is 42.5 Å². The lowest BCUT2D eigenvalue weighted by Gasteiger charge is -1.99. The Balaban J connectivity index is 2.09. The van der Waals surface area contributed by atoms with E-state index in [1.165, 1.54) is 6.08 Å². The number of hydrogen-bond donors (Lipinski definition) is 0. The summed E-state index contributed by atoms with van der Waals surface area (Å²) in [6.45, 7) is 0. The van der Waals surface area contributed by atoms with Crippen LogP contribution in [0.15, 0.2) is 42.6 Å². The van der Waals surface area contributed by atoms with Crippen molar-refractivity contribution < 1.29 is 9.53 Å². The number of nitrogens with zero attached hydrogens (tertiary/aromatic N) is 2. The van der Waals surface area contributed by atoms with Crippen molar-refractivity contribution in [3.8, 4) is 5.75 Å². The molecular weight excluding hydrogens is 228 g/mol. The second-order valence-electron chi connectivity index (χ2n) is 3.84. The highest BCUT2D eigenvalue weighted by atomic mass is 16.5. The largest absolute Gasteiger partial charge is 0.497 e. The van der Waals surface area contributed by atoms with Gasteiger partial charge >= 0.3 is 0 Å². The van der Waals surface area contributed by atoms with Crippen LogP contribution in [0.25, 0.3) is 6.08 Å². The summed E-state index contributed by atoms with van der Waals surface area (Å²) >= 11 is 0. The molecule has 18 heavy (non-hydrogen) atoms. The van der Waals surface area contributed by atoms with E-state index >= 15 is 0 Å². The minimum atomic E-state index is -0.0525. The highest BCUT2D eigenvalue weighted by Crippen LogP contribution is 2.12. The molecule has 2 aromatic rings. The van der Waals surface area contributed by atoms with Gasteiger partial charge in [-0.2, -0.15) is 5.10 Å². The average molecular weight is 242 g/mol. The van der Waals surface area contributed by atoms with E-state index in [1.54, 1.807) is 42.1 Å². The number of ether oxygens (including phenoxy) is 1. The smallest absolute Gasteiger partial charge is 0.185 e. The molecule has 0 fully saturated rings. The molecule has 1 heterocycles. The van der Waals surface area contributed by atoms with E-state index in [1.807, 2.05) is 19.3 Å². The van der Waals surface area contributed by atoms with Gasteiger partial charge in [0, 0.05) is 18.8 Å². The first kappa shape index (κ1) is 12.1. The quantitative estimate of drug-likeness (QED) is 0.610. The Bertz CT molecular complexity index is 568. The van der Waals surface area contributed by atoms with Gasteiger partial charge in [0.2, 0.25) is 0 Å². The number of benzene rings is 1. The SMILES string of the molecule is COc1ccc(C(=O)/C=C/c2ccn(C)n2)cc1. The molecule has 0 aliphatic heterocycles. The summed E-state index contributed by atoms with van der Waals surface area (Å²) in [6.07, 6.45) is 5.05. The number of hydrogen-bond acceptors (Lipinski definition) is 3. The number of rotatable bonds is 4. The van der Waals surface area contributed by atoms with Crippen molar-refractivity contribution in [3.05, 3.63) is 53.9 Å². The summed E-state index contributed by atoms with van der Waals surface area (Å²) in [5.74, 6) is 0.684. The molecule has 0 radical (unpaired) electrons. The zero-order valence-electron chi connectivity index (χ0n) is 10.3. The second kappa shape index (κ2) is 5.31. The highest BCUT2D eigenvalue weighted by molar-refractivity contribution is 6.06. The first-order valence-electron chi connectivity index (χ1n) is 5.55. The molecule has 0 saturated heterocycles. The summed E-state index contributed by atoms with van der Waals surface area (Å²) in [4.78, 5) is 11.9. The van der Waals surface area contributed by atoms with E-state index in [-0.39, 0.29) is 5.78 Å². The summed E-state index contributed by atoms with van der Waals surface area (Å²) in [5.41, 5.74) is 1.39. The number of aromatic nitrogens is 2. The molecule has 1 aromatic heterocycles. The van der Waals surface area contributed by atoms with E-state index < -0.39 is 0 Å². The van der Waals surface area contributed by atoms with Gasteiger partial charge in [-0.25, -0.2) is 0 Å². The maximum absolute atomic E-state index is 11.9. The minimum absolute atomic E-state index is 0.0525. The lowest BCUT2D eigenvalue weighted by atomic mass is 10.1. The molecule has 92 valence electrons. The van der Waals surface area contributed by atoms with Crippen molar-refractivity contribution in [1.29, 1.82) is 0 Å². The Morgan fingerprint density at radius 2 is 2.00 bits per heavy atom. The van der Waals surface area contributed by atoms with Gasteiger partial charge in [0.25, 0.3) is 0 Å². The normalized spacial score (nSPS) is 10.8. The van der Waals surface area contributed by atoms with Crippen LogP contribution in [0.2, 0.25) is 0 Å². The fourth-order valence-electron chi connectivity index (χ4n) is 1.53. The van der Waals surface area contributed by atoms with Crippen LogP contribution in [0.1, 0.15) is 16.1 Å². The molecule has 0 atom stereocenters. The minimum Gasteiger partial charge on any atom is -0.497 e. The lowest BCUT2D eigenvalue weighted by Crippen LogP contribution is -1.94. The molecule has 0 saturated carbocycles. The first-order valence-corrected chi connectivity index (χ1v) is 5.55. The van der Waals surface area contributed by atoms with Gasteiger partial charge in [-0.1, -0.05) is 0 Å². The molecule has 0 amide bonds. The van der Waals surface area contributed by atoms with Crippen LogP contribution in [0.4, 0.5) is 0 Å². The number of methoxy groups -OCH3 is 1. The van der Waals surface area contributed by atoms with Crippen LogP contribution in [0, 0.1) is 0 Å². The Labute approximate surface area is 106 Å². The van der Waals surface area contributed by atoms with Gasteiger partial charge in [0.1, 0.15) is 5.75 Å². The Hall–Kier alpha value is -2.36. The topological polar surface area (TPSA) is 44.1 Å². The molecule has 0 spiro atoms. The van der Waals surface area contributed by atoms with Gasteiger partial charge in [-0.15, -0.1) is 0 Å². The summed E-state index contributed by atoms with van der Waals surface area (Å²) in [7, 11) is 3.43. The summed E-state index contributed by atoms with van der Waals surface area (Å²) in [5, 5.41) is 4.16. The van der Waals surface area contributed by atoms with Gasteiger partial charge in [-0.3, -0.25) is 9.48 Å². The fraction of sp³-hybridized carbons (Fsp3) is 0.143. The number of allylic oxidation sites excluding steroid dienone is 1. The zero-order valence-corrected chi connectivity index (χ0v) is 10.3. The summed E-state index contributed by atoms with van der Waals surface area (Å²) < 4.78 is 6.73. The molecule has 4 heteroatoms. The maximum Gasteiger partial charge on any atom is 0.185 e. The number of ketones is 1. The third-order valence-electron chi connectivity index (χ3n) is 2.51. The van der Waals surface area contributed by atoms with Crippen molar-refractivity contribution >= 4 is 11.9 Å². The van der Waals surface area contributed by atoms with E-state index in [0.717, 1.165) is 11.4 Å². The third kappa shape index (κ3) is 2.85. The molecule has 0 N–H and O–H groups in total. The fourth-order valence-corrected chi connectivity index (χ4v) is 1.53. The van der Waals surface area contributed by atoms with Crippen molar-refractivity contribution in [2.24, 2.45) is 7.05 Å². The Morgan fingerprint density at radius 1 is 1.28 bits per heavy atom. The molecule has 1 aromatic carbocycles. The predicted octanol–water partition coefficient (Wildman–Crippen LogP) is 2.32. The second-order valence-corrected chi connectivity index (χ2v) is 3.84. The Kier molecular flexibility index (Phi) is 3.57. The van der Waals surface area contributed by atoms with E-state index in [0.29, 0.717) is 5.56 Å². The monoisotopic (exact) mass is 242 g/mol. The van der Waals surface area contributed by atoms with E-state index in [9.17, 15) is 4.79 Å². The van der Waals surface area contributed by atoms with E-state index in [4.69, 9.17) is 4.74 Å². The lowest BCUT2D eigenvalue weighted by molar-refractivity contribution is 0.104. The summed E-state index contributed by atoms with van der Waals surface area (Å²) in [6, 6.07) is 8.86. The Morgan fingerprint density at radius 3 is 2.56 bits per heavy atom. The van der Waals surface area contributed by atoms with Gasteiger partial charge < -0.3 is 4.74 Å². The average Bonchev–Trinajstić information content (AvgIpc) is 2.82. The zero-order chi connectivity index (χ0) is 13.0. The van der Waals surface area contributed by atoms with Gasteiger partial charge in [0.05, 0.1) is 12.8 Å². The predicted molar refractivity (Wildman–Crippen MR) is 69.6 cm³/mol. The van der Waals surface area contributed by atoms with Crippen LogP contribution in [0.3, 0.4) is 0 Å². The number of carbonyl (C=O) groups excluding carboxylic acids is 1. The maximum atomic E-state index is 11.9. The van der Waals surface area contributed by atoms with Crippen LogP contribution in [0.5, 0.6) is 5.75 Å². The van der Waals surface area contributed by atoms with Crippen LogP contribution >= 0.6 is 0 Å². The van der Waals surface area contributed by atoms with Crippen molar-refractivity contribution in [3.63, 3.8) is 0 Å². The molecule has 0 aliphatic rings. The number of carbonyl (C=O) groups is 1. The van der Waals surface area contributed by atoms with Crippen LogP contribution in [-0.4, -0.2) is 22.7 Å². The molecular formula is C14H14N2O2. The highest BCUT2D eigenvalue weighted by Gasteiger charge is 2.02. The molecule has 4 nitrogen and oxygen atoms in total. The van der Waals surface area contributed by atoms with Crippen LogP contribution < -0.4 is 4.74 Å². The van der Waals surface area contributed by atoms with Crippen molar-refractivity contribution in [1.82, 2.24) is 9.78 Å². The molecule has 2 rings (SSSR count). The standard InChI is InChI=1S/C14H14N2O2/c1-16-10-9-12(15-16)5-8-14(17)11-3-6-13(18-2)7-4-11/h3-10H,1-2H3/b8-5+. The molecule has 0 unspecified atom stereocenters. The van der Waals surface area contributed by atoms with Gasteiger partial charge in [0.15, 0.2) is 5.78 Å². The number of aryl methyl sites for hydroxylation is 1. The van der Waals surface area contributed by atoms with Crippen LogP contribution in [-0.2, 0) is 7.05 Å². The van der Waals surface area contributed by atoms with E-state index in [2.05, 4.69) is 5.10 Å². The third-order valence-corrected chi connectivity index (χ3v) is 2.51. The van der Waals surface area contributed by atoms with Crippen molar-refractivity contribution in [2.75, 3.05) is 7.11 Å². The first-order chi connectivity index (χ1) is 8.69. The van der Waals surface area contributed by atoms with Crippen molar-refractivity contribution in [2.45, 2.75) is 0 Å². The molecule has 0 aliphatic carbocycles. The molecule has 0 bridgehead atoms.